The fourth-order valence-corrected chi connectivity index (χ4v) is 10.1. The number of nitrogens with zero attached hydrogens (tertiary/aromatic N) is 4. The lowest BCUT2D eigenvalue weighted by molar-refractivity contribution is -0.127. The molecule has 3 aliphatic rings. The molecule has 6 amide bonds. The average Bonchev–Trinajstić information content (AvgIpc) is 3.81. The summed E-state index contributed by atoms with van der Waals surface area (Å²) in [5.41, 5.74) is 4.25. The van der Waals surface area contributed by atoms with Gasteiger partial charge in [0.05, 0.1) is 46.5 Å². The fraction of sp³-hybridized carbons (Fsp3) is 0.276. The molecular formula is C58H58N6O8. The van der Waals surface area contributed by atoms with Crippen LogP contribution >= 0.6 is 0 Å². The van der Waals surface area contributed by atoms with Crippen molar-refractivity contribution in [3.8, 4) is 0 Å². The van der Waals surface area contributed by atoms with Gasteiger partial charge >= 0.3 is 0 Å². The van der Waals surface area contributed by atoms with Crippen LogP contribution in [-0.2, 0) is 35.3 Å². The third-order valence-corrected chi connectivity index (χ3v) is 14.0. The zero-order chi connectivity index (χ0) is 50.1. The lowest BCUT2D eigenvalue weighted by Gasteiger charge is -2.39. The molecule has 6 aromatic carbocycles. The van der Waals surface area contributed by atoms with Crippen LogP contribution < -0.4 is 10.6 Å². The van der Waals surface area contributed by atoms with Crippen molar-refractivity contribution in [3.63, 3.8) is 0 Å². The van der Waals surface area contributed by atoms with Crippen LogP contribution in [0, 0.1) is 0 Å². The highest BCUT2D eigenvalue weighted by Gasteiger charge is 2.45. The molecule has 0 radical (unpaired) electrons. The number of amides is 6. The molecule has 0 spiro atoms. The third-order valence-electron chi connectivity index (χ3n) is 14.0. The number of rotatable bonds is 20. The molecule has 3 aliphatic heterocycles. The number of carbonyl (C=O) groups is 6. The normalized spacial score (nSPS) is 17.4. The van der Waals surface area contributed by atoms with Gasteiger partial charge in [-0.3, -0.25) is 48.4 Å². The number of carbonyl (C=O) groups excluding carboxylic acids is 6. The molecule has 1 saturated heterocycles. The van der Waals surface area contributed by atoms with E-state index >= 15 is 0 Å². The van der Waals surface area contributed by atoms with Crippen molar-refractivity contribution < 1.29 is 39.0 Å². The standard InChI is InChI=1S/C58H58N6O8/c65-51(47(33-39-17-5-1-6-18-39)59-53(67)49(35-41-21-9-3-10-22-41)63-55(69)43-25-13-14-26-44(43)56(63)70)37-61-29-31-62(32-30-61)38-52(66)48(34-40-19-7-2-8-20-40)60-54(68)50(36-42-23-11-4-12-24-42)64-57(71)45-27-15-16-28-46(45)58(64)72/h1-28,47-52,65-66H,29-38H2,(H,59,67)(H,60,68)/t47-,48-,49?,50?,51+,52+/m1/s1. The van der Waals surface area contributed by atoms with Crippen LogP contribution in [0.25, 0.3) is 0 Å². The highest BCUT2D eigenvalue weighted by atomic mass is 16.3. The molecule has 0 aliphatic carbocycles. The summed E-state index contributed by atoms with van der Waals surface area (Å²) in [5, 5.41) is 30.2. The smallest absolute Gasteiger partial charge is 0.262 e. The van der Waals surface area contributed by atoms with Crippen LogP contribution in [0.5, 0.6) is 0 Å². The molecule has 9 rings (SSSR count). The number of hydrogen-bond donors (Lipinski definition) is 4. The molecule has 1 fully saturated rings. The van der Waals surface area contributed by atoms with Crippen molar-refractivity contribution in [1.29, 1.82) is 0 Å². The molecule has 6 aromatic rings. The van der Waals surface area contributed by atoms with E-state index in [9.17, 15) is 39.0 Å². The summed E-state index contributed by atoms with van der Waals surface area (Å²) >= 11 is 0. The summed E-state index contributed by atoms with van der Waals surface area (Å²) in [5.74, 6) is -3.29. The van der Waals surface area contributed by atoms with Crippen molar-refractivity contribution in [1.82, 2.24) is 30.2 Å². The van der Waals surface area contributed by atoms with Crippen molar-refractivity contribution in [2.75, 3.05) is 39.3 Å². The molecular weight excluding hydrogens is 909 g/mol. The number of β-amino-alcohol motifs (C(OH)–C–C–N with tert-alkyl or cyclic N) is 2. The van der Waals surface area contributed by atoms with E-state index in [0.717, 1.165) is 32.1 Å². The average molecular weight is 967 g/mol. The number of aliphatic hydroxyl groups is 2. The summed E-state index contributed by atoms with van der Waals surface area (Å²) in [4.78, 5) is 90.5. The Hall–Kier alpha value is -7.62. The SMILES string of the molecule is O=C(N[C@H](Cc1ccccc1)[C@@H](O)CN1CCN(C[C@H](O)[C@@H](Cc2ccccc2)NC(=O)C(Cc2ccccc2)N2C(=O)c3ccccc3C2=O)CC1)C(Cc1ccccc1)N1C(=O)c2ccccc2C1=O. The van der Waals surface area contributed by atoms with E-state index in [-0.39, 0.29) is 61.0 Å². The number of fused-ring (bicyclic) bond motifs is 2. The third kappa shape index (κ3) is 11.3. The van der Waals surface area contributed by atoms with E-state index < -0.39 is 71.8 Å². The fourth-order valence-electron chi connectivity index (χ4n) is 10.1. The first-order valence-corrected chi connectivity index (χ1v) is 24.5. The summed E-state index contributed by atoms with van der Waals surface area (Å²) in [6.45, 7) is 2.51. The number of imide groups is 2. The zero-order valence-corrected chi connectivity index (χ0v) is 39.8. The Morgan fingerprint density at radius 2 is 0.639 bits per heavy atom. The largest absolute Gasteiger partial charge is 0.390 e. The first-order chi connectivity index (χ1) is 35.0. The first kappa shape index (κ1) is 49.4. The summed E-state index contributed by atoms with van der Waals surface area (Å²) in [6, 6.07) is 46.6. The van der Waals surface area contributed by atoms with Crippen LogP contribution in [0.3, 0.4) is 0 Å². The van der Waals surface area contributed by atoms with E-state index in [1.165, 1.54) is 0 Å². The second kappa shape index (κ2) is 22.6. The molecule has 0 saturated carbocycles. The van der Waals surface area contributed by atoms with Gasteiger partial charge in [-0.15, -0.1) is 0 Å². The lowest BCUT2D eigenvalue weighted by Crippen LogP contribution is -2.59. The van der Waals surface area contributed by atoms with Crippen LogP contribution in [0.15, 0.2) is 170 Å². The first-order valence-electron chi connectivity index (χ1n) is 24.5. The number of hydrogen-bond acceptors (Lipinski definition) is 10. The van der Waals surface area contributed by atoms with E-state index in [1.54, 1.807) is 48.5 Å². The maximum Gasteiger partial charge on any atom is 0.262 e. The molecule has 0 aromatic heterocycles. The Morgan fingerprint density at radius 1 is 0.389 bits per heavy atom. The summed E-state index contributed by atoms with van der Waals surface area (Å²) in [7, 11) is 0. The number of nitrogens with one attached hydrogen (secondary N) is 2. The van der Waals surface area contributed by atoms with Gasteiger partial charge in [0.1, 0.15) is 12.1 Å². The Bertz CT molecular complexity index is 2610. The monoisotopic (exact) mass is 966 g/mol. The van der Waals surface area contributed by atoms with Crippen LogP contribution in [0.2, 0.25) is 0 Å². The van der Waals surface area contributed by atoms with Crippen LogP contribution in [-0.4, -0.2) is 141 Å². The minimum absolute atomic E-state index is 0.0802. The van der Waals surface area contributed by atoms with Gasteiger partial charge in [0.25, 0.3) is 23.6 Å². The molecule has 2 unspecified atom stereocenters. The van der Waals surface area contributed by atoms with E-state index in [1.807, 2.05) is 121 Å². The molecule has 368 valence electrons. The van der Waals surface area contributed by atoms with E-state index in [4.69, 9.17) is 0 Å². The Labute approximate surface area is 418 Å². The molecule has 6 atom stereocenters. The van der Waals surface area contributed by atoms with E-state index in [0.29, 0.717) is 26.2 Å². The molecule has 0 bridgehead atoms. The topological polar surface area (TPSA) is 180 Å². The van der Waals surface area contributed by atoms with Crippen LogP contribution in [0.4, 0.5) is 0 Å². The van der Waals surface area contributed by atoms with Gasteiger partial charge in [-0.1, -0.05) is 146 Å². The number of piperazine rings is 1. The quantitative estimate of drug-likeness (QED) is 0.0791. The molecule has 3 heterocycles. The summed E-state index contributed by atoms with van der Waals surface area (Å²) < 4.78 is 0. The molecule has 14 heteroatoms. The highest BCUT2D eigenvalue weighted by molar-refractivity contribution is 6.23. The number of benzene rings is 6. The maximum atomic E-state index is 14.5. The Morgan fingerprint density at radius 3 is 0.917 bits per heavy atom. The van der Waals surface area contributed by atoms with Crippen molar-refractivity contribution >= 4 is 35.4 Å². The minimum Gasteiger partial charge on any atom is -0.390 e. The van der Waals surface area contributed by atoms with Gasteiger partial charge in [-0.25, -0.2) is 0 Å². The minimum atomic E-state index is -1.19. The van der Waals surface area contributed by atoms with Gasteiger partial charge in [0, 0.05) is 52.1 Å². The van der Waals surface area contributed by atoms with Gasteiger partial charge in [-0.05, 0) is 59.4 Å². The highest BCUT2D eigenvalue weighted by Crippen LogP contribution is 2.28. The zero-order valence-electron chi connectivity index (χ0n) is 39.8. The van der Waals surface area contributed by atoms with Crippen LogP contribution in [0.1, 0.15) is 63.7 Å². The molecule has 4 N–H and O–H groups in total. The van der Waals surface area contributed by atoms with Gasteiger partial charge in [0.2, 0.25) is 11.8 Å². The molecule has 72 heavy (non-hydrogen) atoms. The maximum absolute atomic E-state index is 14.5. The molecule has 14 nitrogen and oxygen atoms in total. The lowest BCUT2D eigenvalue weighted by atomic mass is 9.98. The number of aliphatic hydroxyl groups excluding tert-OH is 2. The van der Waals surface area contributed by atoms with Gasteiger partial charge in [-0.2, -0.15) is 0 Å². The second-order valence-corrected chi connectivity index (χ2v) is 18.8. The van der Waals surface area contributed by atoms with Crippen molar-refractivity contribution in [3.05, 3.63) is 214 Å². The van der Waals surface area contributed by atoms with Gasteiger partial charge < -0.3 is 20.8 Å². The van der Waals surface area contributed by atoms with Gasteiger partial charge in [0.15, 0.2) is 0 Å². The Balaban J connectivity index is 0.873. The van der Waals surface area contributed by atoms with Crippen molar-refractivity contribution in [2.24, 2.45) is 0 Å². The Kier molecular flexibility index (Phi) is 15.5. The van der Waals surface area contributed by atoms with Crippen molar-refractivity contribution in [2.45, 2.75) is 62.1 Å². The second-order valence-electron chi connectivity index (χ2n) is 18.8. The van der Waals surface area contributed by atoms with E-state index in [2.05, 4.69) is 20.4 Å². The summed E-state index contributed by atoms with van der Waals surface area (Å²) in [6.07, 6.45) is -1.38. The predicted octanol–water partition coefficient (Wildman–Crippen LogP) is 4.60. The predicted molar refractivity (Wildman–Crippen MR) is 271 cm³/mol.